The van der Waals surface area contributed by atoms with Crippen molar-refractivity contribution in [3.63, 3.8) is 0 Å². The summed E-state index contributed by atoms with van der Waals surface area (Å²) in [4.78, 5) is 21.7. The fourth-order valence-corrected chi connectivity index (χ4v) is 1.75. The molecule has 1 N–H and O–H groups in total. The number of aliphatic carboxylic acids is 1. The van der Waals surface area contributed by atoms with E-state index in [0.29, 0.717) is 11.1 Å². The maximum atomic E-state index is 11.3. The third kappa shape index (κ3) is 3.40. The van der Waals surface area contributed by atoms with Crippen LogP contribution in [0, 0.1) is 22.5 Å². The molecule has 0 aliphatic rings. The molecule has 0 radical (unpaired) electrons. The molecule has 0 amide bonds. The van der Waals surface area contributed by atoms with Crippen LogP contribution < -0.4 is 0 Å². The van der Waals surface area contributed by atoms with Gasteiger partial charge < -0.3 is 5.11 Å². The number of carboxylic acid groups (broad SMARTS) is 1. The summed E-state index contributed by atoms with van der Waals surface area (Å²) in [6.07, 6.45) is 1.50. The third-order valence-electron chi connectivity index (χ3n) is 2.88. The summed E-state index contributed by atoms with van der Waals surface area (Å²) in [6.45, 7) is 6.99. The van der Waals surface area contributed by atoms with Crippen LogP contribution in [0.2, 0.25) is 0 Å². The monoisotopic (exact) mass is 263 g/mol. The topological polar surface area (TPSA) is 80.4 Å². The van der Waals surface area contributed by atoms with E-state index in [1.165, 1.54) is 12.1 Å². The third-order valence-corrected chi connectivity index (χ3v) is 2.88. The Balaban J connectivity index is 3.42. The molecule has 5 nitrogen and oxygen atoms in total. The molecule has 0 spiro atoms. The number of carboxylic acids is 1. The van der Waals surface area contributed by atoms with E-state index < -0.39 is 16.3 Å². The number of rotatable bonds is 3. The Hall–Kier alpha value is -2.17. The summed E-state index contributed by atoms with van der Waals surface area (Å²) in [5.41, 5.74) is 0.698. The Morgan fingerprint density at radius 1 is 1.37 bits per heavy atom. The van der Waals surface area contributed by atoms with Crippen molar-refractivity contribution in [2.45, 2.75) is 27.7 Å². The summed E-state index contributed by atoms with van der Waals surface area (Å²) < 4.78 is 0. The lowest BCUT2D eigenvalue weighted by atomic mass is 9.85. The van der Waals surface area contributed by atoms with E-state index in [9.17, 15) is 20.0 Å². The molecule has 1 aromatic rings. The summed E-state index contributed by atoms with van der Waals surface area (Å²) >= 11 is 0. The second-order valence-electron chi connectivity index (χ2n) is 5.36. The standard InChI is InChI=1S/C14H17NO4/c1-9-10(6-5-7-12(9)15(18)19)8-11(13(16)17)14(2,3)4/h5-8H,1-4H3,(H,16,17). The molecule has 0 unspecified atom stereocenters. The highest BCUT2D eigenvalue weighted by Gasteiger charge is 2.24. The van der Waals surface area contributed by atoms with E-state index in [1.807, 2.05) is 0 Å². The fraction of sp³-hybridized carbons (Fsp3) is 0.357. The average molecular weight is 263 g/mol. The van der Waals surface area contributed by atoms with Crippen LogP contribution in [0.25, 0.3) is 6.08 Å². The fourth-order valence-electron chi connectivity index (χ4n) is 1.75. The van der Waals surface area contributed by atoms with Crippen molar-refractivity contribution in [2.75, 3.05) is 0 Å². The SMILES string of the molecule is Cc1c(C=C(C(=O)O)C(C)(C)C)cccc1[N+](=O)[O-]. The minimum atomic E-state index is -1.02. The maximum Gasteiger partial charge on any atom is 0.332 e. The van der Waals surface area contributed by atoms with E-state index in [4.69, 9.17) is 0 Å². The molecule has 0 saturated carbocycles. The van der Waals surface area contributed by atoms with E-state index in [-0.39, 0.29) is 11.3 Å². The molecule has 0 saturated heterocycles. The quantitative estimate of drug-likeness (QED) is 0.514. The first-order chi connectivity index (χ1) is 8.64. The molecule has 0 fully saturated rings. The van der Waals surface area contributed by atoms with Crippen molar-refractivity contribution < 1.29 is 14.8 Å². The van der Waals surface area contributed by atoms with E-state index >= 15 is 0 Å². The van der Waals surface area contributed by atoms with Gasteiger partial charge >= 0.3 is 5.97 Å². The van der Waals surface area contributed by atoms with Gasteiger partial charge in [0.05, 0.1) is 4.92 Å². The molecular weight excluding hydrogens is 246 g/mol. The normalized spacial score (nSPS) is 12.3. The molecule has 0 aliphatic carbocycles. The smallest absolute Gasteiger partial charge is 0.332 e. The zero-order valence-electron chi connectivity index (χ0n) is 11.4. The highest BCUT2D eigenvalue weighted by Crippen LogP contribution is 2.30. The van der Waals surface area contributed by atoms with Crippen molar-refractivity contribution >= 4 is 17.7 Å². The van der Waals surface area contributed by atoms with Gasteiger partial charge in [-0.25, -0.2) is 4.79 Å². The molecule has 19 heavy (non-hydrogen) atoms. The number of benzene rings is 1. The predicted octanol–water partition coefficient (Wildman–Crippen LogP) is 3.42. The maximum absolute atomic E-state index is 11.3. The van der Waals surface area contributed by atoms with Crippen molar-refractivity contribution in [2.24, 2.45) is 5.41 Å². The molecule has 102 valence electrons. The highest BCUT2D eigenvalue weighted by atomic mass is 16.6. The number of hydrogen-bond donors (Lipinski definition) is 1. The van der Waals surface area contributed by atoms with Crippen molar-refractivity contribution in [1.29, 1.82) is 0 Å². The predicted molar refractivity (Wildman–Crippen MR) is 72.9 cm³/mol. The van der Waals surface area contributed by atoms with Gasteiger partial charge in [-0.2, -0.15) is 0 Å². The number of nitrogens with zero attached hydrogens (tertiary/aromatic N) is 1. The van der Waals surface area contributed by atoms with Crippen LogP contribution in [0.3, 0.4) is 0 Å². The van der Waals surface area contributed by atoms with E-state index in [2.05, 4.69) is 0 Å². The first-order valence-corrected chi connectivity index (χ1v) is 5.84. The van der Waals surface area contributed by atoms with Crippen LogP contribution in [-0.4, -0.2) is 16.0 Å². The molecule has 5 heteroatoms. The van der Waals surface area contributed by atoms with Gasteiger partial charge in [0.25, 0.3) is 5.69 Å². The van der Waals surface area contributed by atoms with Gasteiger partial charge in [-0.05, 0) is 24.0 Å². The lowest BCUT2D eigenvalue weighted by Crippen LogP contribution is -2.17. The van der Waals surface area contributed by atoms with Crippen molar-refractivity contribution in [3.8, 4) is 0 Å². The number of carbonyl (C=O) groups is 1. The molecule has 1 aromatic carbocycles. The second-order valence-corrected chi connectivity index (χ2v) is 5.36. The summed E-state index contributed by atoms with van der Waals surface area (Å²) in [5, 5.41) is 20.1. The average Bonchev–Trinajstić information content (AvgIpc) is 2.24. The number of nitro groups is 1. The van der Waals surface area contributed by atoms with Crippen molar-refractivity contribution in [3.05, 3.63) is 45.0 Å². The number of nitro benzene ring substituents is 1. The lowest BCUT2D eigenvalue weighted by molar-refractivity contribution is -0.385. The van der Waals surface area contributed by atoms with Gasteiger partial charge in [0.2, 0.25) is 0 Å². The first-order valence-electron chi connectivity index (χ1n) is 5.84. The van der Waals surface area contributed by atoms with Gasteiger partial charge in [-0.1, -0.05) is 32.9 Å². The zero-order chi connectivity index (χ0) is 14.8. The van der Waals surface area contributed by atoms with Crippen LogP contribution in [0.15, 0.2) is 23.8 Å². The Labute approximate surface area is 111 Å². The van der Waals surface area contributed by atoms with Crippen LogP contribution in [-0.2, 0) is 4.79 Å². The highest BCUT2D eigenvalue weighted by molar-refractivity contribution is 5.93. The largest absolute Gasteiger partial charge is 0.478 e. The minimum Gasteiger partial charge on any atom is -0.478 e. The summed E-state index contributed by atoms with van der Waals surface area (Å²) in [6, 6.07) is 4.64. The van der Waals surface area contributed by atoms with Gasteiger partial charge in [0.1, 0.15) is 0 Å². The molecule has 0 atom stereocenters. The summed E-state index contributed by atoms with van der Waals surface area (Å²) in [7, 11) is 0. The second kappa shape index (κ2) is 5.22. The Bertz CT molecular complexity index is 553. The Morgan fingerprint density at radius 3 is 2.37 bits per heavy atom. The molecule has 0 aromatic heterocycles. The van der Waals surface area contributed by atoms with Gasteiger partial charge in [-0.3, -0.25) is 10.1 Å². The van der Waals surface area contributed by atoms with Crippen molar-refractivity contribution in [1.82, 2.24) is 0 Å². The zero-order valence-corrected chi connectivity index (χ0v) is 11.4. The molecule has 0 aliphatic heterocycles. The van der Waals surface area contributed by atoms with Crippen LogP contribution >= 0.6 is 0 Å². The molecular formula is C14H17NO4. The molecule has 1 rings (SSSR count). The molecule has 0 bridgehead atoms. The van der Waals surface area contributed by atoms with Gasteiger partial charge in [0.15, 0.2) is 0 Å². The van der Waals surface area contributed by atoms with E-state index in [0.717, 1.165) is 0 Å². The minimum absolute atomic E-state index is 0.00704. The van der Waals surface area contributed by atoms with Gasteiger partial charge in [-0.15, -0.1) is 0 Å². The summed E-state index contributed by atoms with van der Waals surface area (Å²) in [5.74, 6) is -1.02. The first kappa shape index (κ1) is 14.9. The van der Waals surface area contributed by atoms with Crippen LogP contribution in [0.4, 0.5) is 5.69 Å². The van der Waals surface area contributed by atoms with E-state index in [1.54, 1.807) is 39.8 Å². The molecule has 0 heterocycles. The number of hydrogen-bond acceptors (Lipinski definition) is 3. The van der Waals surface area contributed by atoms with Gasteiger partial charge in [0, 0.05) is 17.2 Å². The lowest BCUT2D eigenvalue weighted by Gasteiger charge is -2.19. The Morgan fingerprint density at radius 2 is 1.95 bits per heavy atom. The Kier molecular flexibility index (Phi) is 4.09. The van der Waals surface area contributed by atoms with Crippen LogP contribution in [0.1, 0.15) is 31.9 Å². The van der Waals surface area contributed by atoms with Crippen LogP contribution in [0.5, 0.6) is 0 Å².